The molecule has 2 aromatic rings. The first-order valence-electron chi connectivity index (χ1n) is 15.7. The zero-order chi connectivity index (χ0) is 34.3. The zero-order valence-electron chi connectivity index (χ0n) is 27.6. The van der Waals surface area contributed by atoms with Crippen LogP contribution in [0.2, 0.25) is 0 Å². The number of nitrogens with one attached hydrogen (secondary N) is 2. The molecular weight excluding hydrogens is 608 g/mol. The summed E-state index contributed by atoms with van der Waals surface area (Å²) in [6.07, 6.45) is 6.62. The van der Waals surface area contributed by atoms with E-state index in [1.165, 1.54) is 17.1 Å². The van der Waals surface area contributed by atoms with E-state index in [0.717, 1.165) is 37.1 Å². The van der Waals surface area contributed by atoms with Crippen LogP contribution in [0.4, 0.5) is 0 Å². The average molecular weight is 659 g/mol. The molecule has 12 heteroatoms. The minimum absolute atomic E-state index is 0.0666. The molecule has 0 aromatic heterocycles. The molecule has 0 saturated carbocycles. The standard InChI is InChI=1S/C27H42N4O4.C7H8O3S/c1-20(2)17-24(23(27(34)29-35)14-10-13-22-11-6-5-7-12-22)26(33)28-31(18-21(3)4)25(32)19-30-15-8-9-16-30;1-6-2-4-7(5-3-6)11(8,9)10/h5-7,10-13,20-21,23-24,35H,8-9,14-19H2,1-4H3,(H,28,33)(H,29,34);2-5H,1H3,(H,8,9,10)/b13-10+;/t23-,24+;/m0./s1. The maximum Gasteiger partial charge on any atom is 0.294 e. The van der Waals surface area contributed by atoms with Gasteiger partial charge in [-0.25, -0.2) is 5.48 Å². The Morgan fingerprint density at radius 1 is 0.913 bits per heavy atom. The van der Waals surface area contributed by atoms with Crippen molar-refractivity contribution < 1.29 is 32.6 Å². The molecule has 0 aliphatic carbocycles. The Bertz CT molecular complexity index is 1370. The molecule has 2 aromatic carbocycles. The van der Waals surface area contributed by atoms with Crippen molar-refractivity contribution in [2.24, 2.45) is 23.7 Å². The van der Waals surface area contributed by atoms with E-state index in [0.29, 0.717) is 13.0 Å². The lowest BCUT2D eigenvalue weighted by Crippen LogP contribution is -2.54. The van der Waals surface area contributed by atoms with Gasteiger partial charge in [-0.15, -0.1) is 0 Å². The van der Waals surface area contributed by atoms with Gasteiger partial charge in [-0.2, -0.15) is 8.42 Å². The molecule has 0 bridgehead atoms. The first kappa shape index (κ1) is 38.6. The van der Waals surface area contributed by atoms with E-state index in [1.54, 1.807) is 17.6 Å². The normalized spacial score (nSPS) is 14.9. The first-order chi connectivity index (χ1) is 21.7. The smallest absolute Gasteiger partial charge is 0.294 e. The number of hydrazine groups is 1. The van der Waals surface area contributed by atoms with Crippen LogP contribution in [0.5, 0.6) is 0 Å². The number of nitrogens with zero attached hydrogens (tertiary/aromatic N) is 2. The number of amides is 3. The number of hydrogen-bond donors (Lipinski definition) is 4. The fourth-order valence-electron chi connectivity index (χ4n) is 5.13. The molecular formula is C34H50N4O7S. The predicted octanol–water partition coefficient (Wildman–Crippen LogP) is 4.73. The van der Waals surface area contributed by atoms with Crippen LogP contribution >= 0.6 is 0 Å². The highest BCUT2D eigenvalue weighted by Crippen LogP contribution is 2.26. The summed E-state index contributed by atoms with van der Waals surface area (Å²) in [6.45, 7) is 12.2. The summed E-state index contributed by atoms with van der Waals surface area (Å²) in [5, 5.41) is 10.8. The molecule has 1 saturated heterocycles. The van der Waals surface area contributed by atoms with Gasteiger partial charge >= 0.3 is 0 Å². The molecule has 3 amide bonds. The van der Waals surface area contributed by atoms with Gasteiger partial charge in [-0.1, -0.05) is 87.9 Å². The average Bonchev–Trinajstić information content (AvgIpc) is 3.51. The third-order valence-electron chi connectivity index (χ3n) is 7.46. The molecule has 2 atom stereocenters. The van der Waals surface area contributed by atoms with Crippen LogP contribution in [0.25, 0.3) is 6.08 Å². The van der Waals surface area contributed by atoms with Crippen molar-refractivity contribution in [3.05, 3.63) is 71.8 Å². The SMILES string of the molecule is CC(C)C[C@@H](C(=O)NN(CC(C)C)C(=O)CN1CCCC1)[C@H](C/C=C/c1ccccc1)C(=O)NO.Cc1ccc(S(=O)(=O)O)cc1. The van der Waals surface area contributed by atoms with Crippen molar-refractivity contribution in [3.63, 3.8) is 0 Å². The topological polar surface area (TPSA) is 156 Å². The Labute approximate surface area is 273 Å². The maximum atomic E-state index is 13.5. The summed E-state index contributed by atoms with van der Waals surface area (Å²) in [5.41, 5.74) is 6.50. The molecule has 3 rings (SSSR count). The summed E-state index contributed by atoms with van der Waals surface area (Å²) in [7, 11) is -4.02. The van der Waals surface area contributed by atoms with Crippen molar-refractivity contribution in [1.29, 1.82) is 0 Å². The summed E-state index contributed by atoms with van der Waals surface area (Å²) < 4.78 is 29.6. The van der Waals surface area contributed by atoms with Gasteiger partial charge in [0.1, 0.15) is 0 Å². The number of likely N-dealkylation sites (tertiary alicyclic amines) is 1. The second-order valence-corrected chi connectivity index (χ2v) is 13.9. The summed E-state index contributed by atoms with van der Waals surface area (Å²) >= 11 is 0. The van der Waals surface area contributed by atoms with Crippen LogP contribution < -0.4 is 10.9 Å². The van der Waals surface area contributed by atoms with E-state index in [1.807, 2.05) is 77.1 Å². The monoisotopic (exact) mass is 658 g/mol. The first-order valence-corrected chi connectivity index (χ1v) is 17.2. The summed E-state index contributed by atoms with van der Waals surface area (Å²) in [5.74, 6) is -2.33. The van der Waals surface area contributed by atoms with Crippen LogP contribution in [0.3, 0.4) is 0 Å². The number of aryl methyl sites for hydroxylation is 1. The van der Waals surface area contributed by atoms with Crippen LogP contribution in [0, 0.1) is 30.6 Å². The third-order valence-corrected chi connectivity index (χ3v) is 8.33. The Morgan fingerprint density at radius 2 is 1.52 bits per heavy atom. The van der Waals surface area contributed by atoms with Gasteiger partial charge in [-0.05, 0) is 75.2 Å². The van der Waals surface area contributed by atoms with E-state index in [9.17, 15) is 28.0 Å². The molecule has 0 radical (unpaired) electrons. The quantitative estimate of drug-likeness (QED) is 0.137. The molecule has 11 nitrogen and oxygen atoms in total. The van der Waals surface area contributed by atoms with E-state index >= 15 is 0 Å². The molecule has 1 aliphatic heterocycles. The van der Waals surface area contributed by atoms with Crippen LogP contribution in [0.1, 0.15) is 64.5 Å². The second-order valence-electron chi connectivity index (χ2n) is 12.5. The van der Waals surface area contributed by atoms with Crippen molar-refractivity contribution in [2.45, 2.75) is 65.2 Å². The lowest BCUT2D eigenvalue weighted by Gasteiger charge is -2.31. The maximum absolute atomic E-state index is 13.5. The molecule has 254 valence electrons. The molecule has 0 spiro atoms. The van der Waals surface area contributed by atoms with Gasteiger partial charge in [0.05, 0.1) is 23.3 Å². The number of allylic oxidation sites excluding steroid dienone is 1. The number of hydroxylamine groups is 1. The molecule has 1 aliphatic rings. The number of carbonyl (C=O) groups excluding carboxylic acids is 3. The van der Waals surface area contributed by atoms with Gasteiger partial charge in [0.2, 0.25) is 11.8 Å². The largest absolute Gasteiger partial charge is 0.294 e. The van der Waals surface area contributed by atoms with Crippen molar-refractivity contribution in [1.82, 2.24) is 20.8 Å². The molecule has 0 unspecified atom stereocenters. The Balaban J connectivity index is 0.000000562. The van der Waals surface area contributed by atoms with Crippen molar-refractivity contribution >= 4 is 33.9 Å². The Hall–Kier alpha value is -3.58. The number of carbonyl (C=O) groups is 3. The van der Waals surface area contributed by atoms with E-state index in [2.05, 4.69) is 10.3 Å². The van der Waals surface area contributed by atoms with Crippen LogP contribution in [0.15, 0.2) is 65.6 Å². The predicted molar refractivity (Wildman–Crippen MR) is 178 cm³/mol. The molecule has 4 N–H and O–H groups in total. The minimum Gasteiger partial charge on any atom is -0.294 e. The summed E-state index contributed by atoms with van der Waals surface area (Å²) in [4.78, 5) is 41.2. The van der Waals surface area contributed by atoms with Crippen LogP contribution in [-0.2, 0) is 24.5 Å². The van der Waals surface area contributed by atoms with Gasteiger partial charge in [-0.3, -0.25) is 39.5 Å². The van der Waals surface area contributed by atoms with Crippen molar-refractivity contribution in [2.75, 3.05) is 26.2 Å². The minimum atomic E-state index is -4.02. The highest BCUT2D eigenvalue weighted by molar-refractivity contribution is 7.85. The third kappa shape index (κ3) is 13.8. The lowest BCUT2D eigenvalue weighted by atomic mass is 9.82. The zero-order valence-corrected chi connectivity index (χ0v) is 28.4. The molecule has 1 fully saturated rings. The number of hydrogen-bond acceptors (Lipinski definition) is 7. The second kappa shape index (κ2) is 19.2. The van der Waals surface area contributed by atoms with Crippen molar-refractivity contribution in [3.8, 4) is 0 Å². The van der Waals surface area contributed by atoms with Gasteiger partial charge < -0.3 is 0 Å². The highest BCUT2D eigenvalue weighted by atomic mass is 32.2. The number of benzene rings is 2. The fraction of sp³-hybridized carbons (Fsp3) is 0.500. The fourth-order valence-corrected chi connectivity index (χ4v) is 5.61. The molecule has 46 heavy (non-hydrogen) atoms. The Morgan fingerprint density at radius 3 is 2.04 bits per heavy atom. The van der Waals surface area contributed by atoms with Gasteiger partial charge in [0, 0.05) is 6.54 Å². The van der Waals surface area contributed by atoms with E-state index in [-0.39, 0.29) is 41.5 Å². The molecule has 1 heterocycles. The van der Waals surface area contributed by atoms with Gasteiger partial charge in [0.25, 0.3) is 16.0 Å². The van der Waals surface area contributed by atoms with E-state index in [4.69, 9.17) is 4.55 Å². The van der Waals surface area contributed by atoms with Crippen LogP contribution in [-0.4, -0.2) is 72.0 Å². The Kier molecular flexibility index (Phi) is 16.1. The summed E-state index contributed by atoms with van der Waals surface area (Å²) in [6, 6.07) is 15.7. The van der Waals surface area contributed by atoms with Gasteiger partial charge in [0.15, 0.2) is 0 Å². The van der Waals surface area contributed by atoms with E-state index < -0.39 is 27.9 Å². The lowest BCUT2D eigenvalue weighted by molar-refractivity contribution is -0.148. The highest BCUT2D eigenvalue weighted by Gasteiger charge is 2.35. The number of rotatable bonds is 13.